The van der Waals surface area contributed by atoms with Gasteiger partial charge in [-0.2, -0.15) is 0 Å². The van der Waals surface area contributed by atoms with Gasteiger partial charge in [0.25, 0.3) is 0 Å². The number of ketones is 1. The van der Waals surface area contributed by atoms with Gasteiger partial charge in [0.05, 0.1) is 6.61 Å². The molecule has 0 aliphatic heterocycles. The smallest absolute Gasteiger partial charge is 0.183 e. The van der Waals surface area contributed by atoms with Crippen molar-refractivity contribution in [3.05, 3.63) is 29.6 Å². The first-order valence-corrected chi connectivity index (χ1v) is 6.14. The zero-order valence-electron chi connectivity index (χ0n) is 10.9. The number of nitrogens with zero attached hydrogens (tertiary/aromatic N) is 1. The molecule has 0 bridgehead atoms. The Morgan fingerprint density at radius 3 is 2.82 bits per heavy atom. The third-order valence-corrected chi connectivity index (χ3v) is 2.59. The fraction of sp³-hybridized carbons (Fsp3) is 0.571. The molecule has 0 unspecified atom stereocenters. The van der Waals surface area contributed by atoms with Crippen molar-refractivity contribution in [3.63, 3.8) is 0 Å². The monoisotopic (exact) mass is 235 g/mol. The van der Waals surface area contributed by atoms with Crippen molar-refractivity contribution in [2.24, 2.45) is 5.92 Å². The summed E-state index contributed by atoms with van der Waals surface area (Å²) in [5.74, 6) is 0.705. The SMILES string of the molecule is Cc1cccnc1C(=O)CCOCCC(C)C. The molecule has 0 radical (unpaired) electrons. The van der Waals surface area contributed by atoms with E-state index in [9.17, 15) is 4.79 Å². The summed E-state index contributed by atoms with van der Waals surface area (Å²) in [7, 11) is 0. The Hall–Kier alpha value is -1.22. The maximum Gasteiger partial charge on any atom is 0.183 e. The minimum Gasteiger partial charge on any atom is -0.381 e. The molecule has 0 N–H and O–H groups in total. The number of carbonyl (C=O) groups is 1. The Balaban J connectivity index is 2.29. The predicted octanol–water partition coefficient (Wildman–Crippen LogP) is 3.03. The van der Waals surface area contributed by atoms with Crippen molar-refractivity contribution in [1.82, 2.24) is 4.98 Å². The van der Waals surface area contributed by atoms with Crippen LogP contribution in [0.3, 0.4) is 0 Å². The molecule has 3 heteroatoms. The van der Waals surface area contributed by atoms with Gasteiger partial charge in [-0.25, -0.2) is 0 Å². The molecule has 0 spiro atoms. The van der Waals surface area contributed by atoms with Crippen molar-refractivity contribution >= 4 is 5.78 Å². The highest BCUT2D eigenvalue weighted by atomic mass is 16.5. The molecule has 0 atom stereocenters. The van der Waals surface area contributed by atoms with Crippen LogP contribution in [0.15, 0.2) is 18.3 Å². The summed E-state index contributed by atoms with van der Waals surface area (Å²) in [4.78, 5) is 15.9. The van der Waals surface area contributed by atoms with Crippen LogP contribution >= 0.6 is 0 Å². The Bertz CT molecular complexity index is 361. The molecule has 94 valence electrons. The zero-order valence-corrected chi connectivity index (χ0v) is 10.9. The lowest BCUT2D eigenvalue weighted by atomic mass is 10.1. The molecule has 1 rings (SSSR count). The van der Waals surface area contributed by atoms with E-state index in [-0.39, 0.29) is 5.78 Å². The van der Waals surface area contributed by atoms with Crippen molar-refractivity contribution in [3.8, 4) is 0 Å². The molecule has 0 saturated carbocycles. The molecule has 0 aliphatic rings. The van der Waals surface area contributed by atoms with Gasteiger partial charge in [-0.05, 0) is 30.9 Å². The predicted molar refractivity (Wildman–Crippen MR) is 68.2 cm³/mol. The van der Waals surface area contributed by atoms with Crippen LogP contribution in [-0.2, 0) is 4.74 Å². The third-order valence-electron chi connectivity index (χ3n) is 2.59. The fourth-order valence-corrected chi connectivity index (χ4v) is 1.48. The second kappa shape index (κ2) is 7.17. The van der Waals surface area contributed by atoms with Gasteiger partial charge in [-0.15, -0.1) is 0 Å². The molecule has 0 aromatic carbocycles. The average Bonchev–Trinajstić information content (AvgIpc) is 2.28. The minimum absolute atomic E-state index is 0.0626. The largest absolute Gasteiger partial charge is 0.381 e. The minimum atomic E-state index is 0.0626. The van der Waals surface area contributed by atoms with Crippen molar-refractivity contribution in [2.45, 2.75) is 33.6 Å². The molecule has 0 fully saturated rings. The lowest BCUT2D eigenvalue weighted by Gasteiger charge is -2.06. The van der Waals surface area contributed by atoms with Gasteiger partial charge >= 0.3 is 0 Å². The fourth-order valence-electron chi connectivity index (χ4n) is 1.48. The maximum absolute atomic E-state index is 11.8. The van der Waals surface area contributed by atoms with Gasteiger partial charge in [0.1, 0.15) is 5.69 Å². The second-order valence-electron chi connectivity index (χ2n) is 4.64. The van der Waals surface area contributed by atoms with E-state index < -0.39 is 0 Å². The Kier molecular flexibility index (Phi) is 5.84. The number of hydrogen-bond donors (Lipinski definition) is 0. The Labute approximate surface area is 103 Å². The number of aryl methyl sites for hydroxylation is 1. The van der Waals surface area contributed by atoms with Crippen LogP contribution in [0, 0.1) is 12.8 Å². The van der Waals surface area contributed by atoms with Gasteiger partial charge < -0.3 is 4.74 Å². The maximum atomic E-state index is 11.8. The molecule has 0 aliphatic carbocycles. The quantitative estimate of drug-likeness (QED) is 0.538. The highest BCUT2D eigenvalue weighted by Gasteiger charge is 2.09. The van der Waals surface area contributed by atoms with E-state index in [4.69, 9.17) is 4.74 Å². The first kappa shape index (κ1) is 13.8. The molecule has 1 heterocycles. The molecular formula is C14H21NO2. The highest BCUT2D eigenvalue weighted by molar-refractivity contribution is 5.95. The summed E-state index contributed by atoms with van der Waals surface area (Å²) in [6.45, 7) is 7.44. The van der Waals surface area contributed by atoms with Gasteiger partial charge in [-0.1, -0.05) is 19.9 Å². The van der Waals surface area contributed by atoms with E-state index in [0.29, 0.717) is 24.6 Å². The third kappa shape index (κ3) is 5.09. The highest BCUT2D eigenvalue weighted by Crippen LogP contribution is 2.07. The number of hydrogen-bond acceptors (Lipinski definition) is 3. The molecule has 0 saturated heterocycles. The van der Waals surface area contributed by atoms with E-state index in [1.54, 1.807) is 6.20 Å². The van der Waals surface area contributed by atoms with Crippen LogP contribution in [0.4, 0.5) is 0 Å². The van der Waals surface area contributed by atoms with Crippen LogP contribution in [0.5, 0.6) is 0 Å². The number of ether oxygens (including phenoxy) is 1. The van der Waals surface area contributed by atoms with Crippen LogP contribution in [0.1, 0.15) is 42.7 Å². The summed E-state index contributed by atoms with van der Waals surface area (Å²) in [5.41, 5.74) is 1.50. The lowest BCUT2D eigenvalue weighted by molar-refractivity contribution is 0.0856. The number of Topliss-reactive ketones (excluding diaryl/α,β-unsaturated/α-hetero) is 1. The van der Waals surface area contributed by atoms with E-state index in [1.807, 2.05) is 19.1 Å². The van der Waals surface area contributed by atoms with Gasteiger partial charge in [-0.3, -0.25) is 9.78 Å². The number of aromatic nitrogens is 1. The van der Waals surface area contributed by atoms with E-state index in [1.165, 1.54) is 0 Å². The molecular weight excluding hydrogens is 214 g/mol. The molecule has 3 nitrogen and oxygen atoms in total. The normalized spacial score (nSPS) is 10.8. The first-order chi connectivity index (χ1) is 8.11. The summed E-state index contributed by atoms with van der Waals surface area (Å²) in [6.07, 6.45) is 3.10. The molecule has 1 aromatic heterocycles. The lowest BCUT2D eigenvalue weighted by Crippen LogP contribution is -2.09. The molecule has 1 aromatic rings. The second-order valence-corrected chi connectivity index (χ2v) is 4.64. The first-order valence-electron chi connectivity index (χ1n) is 6.14. The van der Waals surface area contributed by atoms with Crippen LogP contribution in [-0.4, -0.2) is 24.0 Å². The number of carbonyl (C=O) groups excluding carboxylic acids is 1. The van der Waals surface area contributed by atoms with Crippen LogP contribution in [0.25, 0.3) is 0 Å². The molecule has 0 amide bonds. The Morgan fingerprint density at radius 2 is 2.18 bits per heavy atom. The summed E-state index contributed by atoms with van der Waals surface area (Å²) in [5, 5.41) is 0. The van der Waals surface area contributed by atoms with Crippen LogP contribution in [0.2, 0.25) is 0 Å². The number of pyridine rings is 1. The van der Waals surface area contributed by atoms with Crippen LogP contribution < -0.4 is 0 Å². The van der Waals surface area contributed by atoms with Crippen molar-refractivity contribution in [1.29, 1.82) is 0 Å². The van der Waals surface area contributed by atoms with Gasteiger partial charge in [0.2, 0.25) is 0 Å². The Morgan fingerprint density at radius 1 is 1.41 bits per heavy atom. The van der Waals surface area contributed by atoms with Crippen molar-refractivity contribution in [2.75, 3.05) is 13.2 Å². The topological polar surface area (TPSA) is 39.2 Å². The van der Waals surface area contributed by atoms with Crippen molar-refractivity contribution < 1.29 is 9.53 Å². The van der Waals surface area contributed by atoms with E-state index >= 15 is 0 Å². The summed E-state index contributed by atoms with van der Waals surface area (Å²) in [6, 6.07) is 3.74. The van der Waals surface area contributed by atoms with Gasteiger partial charge in [0, 0.05) is 19.2 Å². The average molecular weight is 235 g/mol. The van der Waals surface area contributed by atoms with E-state index in [2.05, 4.69) is 18.8 Å². The summed E-state index contributed by atoms with van der Waals surface area (Å²) < 4.78 is 5.43. The van der Waals surface area contributed by atoms with Gasteiger partial charge in [0.15, 0.2) is 5.78 Å². The summed E-state index contributed by atoms with van der Waals surface area (Å²) >= 11 is 0. The molecule has 17 heavy (non-hydrogen) atoms. The standard InChI is InChI=1S/C14H21NO2/c1-11(2)6-9-17-10-7-13(16)14-12(3)5-4-8-15-14/h4-5,8,11H,6-7,9-10H2,1-3H3. The number of rotatable bonds is 7. The van der Waals surface area contributed by atoms with E-state index in [0.717, 1.165) is 18.6 Å². The zero-order chi connectivity index (χ0) is 12.7.